The van der Waals surface area contributed by atoms with Crippen LogP contribution < -0.4 is 0 Å². The van der Waals surface area contributed by atoms with Gasteiger partial charge in [-0.3, -0.25) is 9.59 Å². The third-order valence-electron chi connectivity index (χ3n) is 2.53. The lowest BCUT2D eigenvalue weighted by atomic mass is 10.1. The summed E-state index contributed by atoms with van der Waals surface area (Å²) in [4.78, 5) is 26.2. The van der Waals surface area contributed by atoms with Gasteiger partial charge >= 0.3 is 5.97 Å². The predicted octanol–water partition coefficient (Wildman–Crippen LogP) is 0.506. The lowest BCUT2D eigenvalue weighted by Crippen LogP contribution is -2.47. The highest BCUT2D eigenvalue weighted by molar-refractivity contribution is 5.96. The molecule has 2 unspecified atom stereocenters. The fourth-order valence-corrected chi connectivity index (χ4v) is 1.67. The van der Waals surface area contributed by atoms with Crippen LogP contribution in [-0.4, -0.2) is 60.0 Å². The molecule has 0 radical (unpaired) electrons. The summed E-state index contributed by atoms with van der Waals surface area (Å²) < 4.78 is 0. The van der Waals surface area contributed by atoms with E-state index in [-0.39, 0.29) is 11.9 Å². The number of amides is 1. The van der Waals surface area contributed by atoms with Crippen molar-refractivity contribution in [3.63, 3.8) is 0 Å². The Morgan fingerprint density at radius 2 is 1.75 bits per heavy atom. The number of carboxylic acid groups (broad SMARTS) is 1. The highest BCUT2D eigenvalue weighted by Gasteiger charge is 2.28. The number of likely N-dealkylation sites (N-methyl/N-ethyl adjacent to an activating group) is 2. The van der Waals surface area contributed by atoms with Crippen molar-refractivity contribution in [2.75, 3.05) is 27.2 Å². The number of aliphatic carboxylic acids is 1. The van der Waals surface area contributed by atoms with E-state index < -0.39 is 11.9 Å². The molecule has 0 aromatic rings. The van der Waals surface area contributed by atoms with Crippen molar-refractivity contribution < 1.29 is 14.7 Å². The molecular formula is C11H22N2O3. The van der Waals surface area contributed by atoms with E-state index in [0.29, 0.717) is 6.54 Å². The molecule has 0 rings (SSSR count). The Kier molecular flexibility index (Phi) is 6.03. The van der Waals surface area contributed by atoms with E-state index in [4.69, 9.17) is 5.11 Å². The van der Waals surface area contributed by atoms with E-state index in [9.17, 15) is 9.59 Å². The number of carboxylic acids is 1. The van der Waals surface area contributed by atoms with Gasteiger partial charge in [-0.2, -0.15) is 0 Å². The van der Waals surface area contributed by atoms with Gasteiger partial charge < -0.3 is 14.9 Å². The lowest BCUT2D eigenvalue weighted by Gasteiger charge is -2.31. The molecule has 0 aromatic heterocycles. The molecule has 5 heteroatoms. The summed E-state index contributed by atoms with van der Waals surface area (Å²) in [5.74, 6) is -2.35. The Morgan fingerprint density at radius 1 is 1.25 bits per heavy atom. The fraction of sp³-hybridized carbons (Fsp3) is 0.818. The van der Waals surface area contributed by atoms with Crippen LogP contribution in [0.3, 0.4) is 0 Å². The van der Waals surface area contributed by atoms with E-state index >= 15 is 0 Å². The summed E-state index contributed by atoms with van der Waals surface area (Å²) in [5.41, 5.74) is 0. The van der Waals surface area contributed by atoms with Crippen molar-refractivity contribution in [3.8, 4) is 0 Å². The van der Waals surface area contributed by atoms with E-state index in [0.717, 1.165) is 6.54 Å². The van der Waals surface area contributed by atoms with Gasteiger partial charge in [0, 0.05) is 19.1 Å². The second kappa shape index (κ2) is 6.48. The highest BCUT2D eigenvalue weighted by atomic mass is 16.4. The van der Waals surface area contributed by atoms with Crippen LogP contribution in [0.4, 0.5) is 0 Å². The average Bonchev–Trinajstić information content (AvgIpc) is 2.16. The molecule has 0 aliphatic heterocycles. The van der Waals surface area contributed by atoms with E-state index in [1.807, 2.05) is 32.8 Å². The van der Waals surface area contributed by atoms with E-state index in [1.165, 1.54) is 6.92 Å². The summed E-state index contributed by atoms with van der Waals surface area (Å²) in [6.07, 6.45) is 0. The van der Waals surface area contributed by atoms with Crippen molar-refractivity contribution in [3.05, 3.63) is 0 Å². The topological polar surface area (TPSA) is 60.9 Å². The van der Waals surface area contributed by atoms with Crippen LogP contribution in [0.25, 0.3) is 0 Å². The first-order chi connectivity index (χ1) is 7.31. The van der Waals surface area contributed by atoms with Gasteiger partial charge in [-0.05, 0) is 34.9 Å². The smallest absolute Gasteiger partial charge is 0.315 e. The first-order valence-corrected chi connectivity index (χ1v) is 5.49. The van der Waals surface area contributed by atoms with Crippen LogP contribution in [0.5, 0.6) is 0 Å². The van der Waals surface area contributed by atoms with Gasteiger partial charge in [-0.15, -0.1) is 0 Å². The molecule has 0 fully saturated rings. The SMILES string of the molecule is CCN(C(=O)C(C)C(=O)O)C(C)CN(C)C. The number of hydrogen-bond donors (Lipinski definition) is 1. The zero-order valence-electron chi connectivity index (χ0n) is 10.7. The maximum atomic E-state index is 11.9. The minimum atomic E-state index is -1.07. The summed E-state index contributed by atoms with van der Waals surface area (Å²) in [6, 6.07) is 0.0225. The number of nitrogens with zero attached hydrogens (tertiary/aromatic N) is 2. The Balaban J connectivity index is 4.59. The first-order valence-electron chi connectivity index (χ1n) is 5.49. The molecule has 1 N–H and O–H groups in total. The average molecular weight is 230 g/mol. The molecule has 5 nitrogen and oxygen atoms in total. The Hall–Kier alpha value is -1.10. The minimum absolute atomic E-state index is 0.0225. The number of rotatable bonds is 6. The van der Waals surface area contributed by atoms with E-state index in [2.05, 4.69) is 0 Å². The zero-order valence-corrected chi connectivity index (χ0v) is 10.7. The molecule has 0 heterocycles. The molecule has 16 heavy (non-hydrogen) atoms. The molecule has 0 saturated carbocycles. The third kappa shape index (κ3) is 4.18. The van der Waals surface area contributed by atoms with Crippen molar-refractivity contribution in [1.29, 1.82) is 0 Å². The number of carbonyl (C=O) groups is 2. The lowest BCUT2D eigenvalue weighted by molar-refractivity contribution is -0.151. The predicted molar refractivity (Wildman–Crippen MR) is 62.2 cm³/mol. The van der Waals surface area contributed by atoms with E-state index in [1.54, 1.807) is 4.90 Å². The molecule has 0 aromatic carbocycles. The normalized spacial score (nSPS) is 14.6. The Morgan fingerprint density at radius 3 is 2.06 bits per heavy atom. The van der Waals surface area contributed by atoms with Gasteiger partial charge in [0.05, 0.1) is 0 Å². The Bertz CT molecular complexity index is 254. The summed E-state index contributed by atoms with van der Waals surface area (Å²) in [7, 11) is 3.85. The molecule has 0 aliphatic rings. The van der Waals surface area contributed by atoms with Crippen molar-refractivity contribution >= 4 is 11.9 Å². The third-order valence-corrected chi connectivity index (χ3v) is 2.53. The summed E-state index contributed by atoms with van der Waals surface area (Å²) in [6.45, 7) is 6.47. The van der Waals surface area contributed by atoms with Gasteiger partial charge in [0.2, 0.25) is 5.91 Å². The monoisotopic (exact) mass is 230 g/mol. The maximum absolute atomic E-state index is 11.9. The van der Waals surface area contributed by atoms with Gasteiger partial charge in [-0.25, -0.2) is 0 Å². The van der Waals surface area contributed by atoms with Gasteiger partial charge in [-0.1, -0.05) is 0 Å². The Labute approximate surface area is 97.0 Å². The first kappa shape index (κ1) is 14.9. The van der Waals surface area contributed by atoms with Crippen molar-refractivity contribution in [2.24, 2.45) is 5.92 Å². The molecule has 0 aliphatic carbocycles. The van der Waals surface area contributed by atoms with Crippen LogP contribution in [-0.2, 0) is 9.59 Å². The second-order valence-corrected chi connectivity index (χ2v) is 4.30. The van der Waals surface area contributed by atoms with Crippen LogP contribution in [0.1, 0.15) is 20.8 Å². The number of carbonyl (C=O) groups excluding carboxylic acids is 1. The van der Waals surface area contributed by atoms with Gasteiger partial charge in [0.15, 0.2) is 0 Å². The second-order valence-electron chi connectivity index (χ2n) is 4.30. The molecule has 0 saturated heterocycles. The minimum Gasteiger partial charge on any atom is -0.481 e. The standard InChI is InChI=1S/C11H22N2O3/c1-6-13(8(2)7-12(4)5)10(14)9(3)11(15)16/h8-9H,6-7H2,1-5H3,(H,15,16). The quantitative estimate of drug-likeness (QED) is 0.675. The molecule has 94 valence electrons. The highest BCUT2D eigenvalue weighted by Crippen LogP contribution is 2.08. The largest absolute Gasteiger partial charge is 0.481 e. The fourth-order valence-electron chi connectivity index (χ4n) is 1.67. The van der Waals surface area contributed by atoms with Crippen LogP contribution in [0.15, 0.2) is 0 Å². The molecule has 1 amide bonds. The molecule has 0 bridgehead atoms. The molecule has 2 atom stereocenters. The molecular weight excluding hydrogens is 208 g/mol. The van der Waals surface area contributed by atoms with Gasteiger partial charge in [0.25, 0.3) is 0 Å². The zero-order chi connectivity index (χ0) is 12.9. The maximum Gasteiger partial charge on any atom is 0.315 e. The van der Waals surface area contributed by atoms with Crippen molar-refractivity contribution in [2.45, 2.75) is 26.8 Å². The van der Waals surface area contributed by atoms with Crippen LogP contribution in [0.2, 0.25) is 0 Å². The summed E-state index contributed by atoms with van der Waals surface area (Å²) in [5, 5.41) is 8.80. The number of hydrogen-bond acceptors (Lipinski definition) is 3. The van der Waals surface area contributed by atoms with Crippen molar-refractivity contribution in [1.82, 2.24) is 9.80 Å². The van der Waals surface area contributed by atoms with Crippen LogP contribution >= 0.6 is 0 Å². The summed E-state index contributed by atoms with van der Waals surface area (Å²) >= 11 is 0. The van der Waals surface area contributed by atoms with Gasteiger partial charge in [0.1, 0.15) is 5.92 Å². The van der Waals surface area contributed by atoms with Crippen LogP contribution in [0, 0.1) is 5.92 Å². The molecule has 0 spiro atoms.